The number of nitriles is 1. The van der Waals surface area contributed by atoms with Crippen LogP contribution >= 0.6 is 15.9 Å². The topological polar surface area (TPSA) is 43.2 Å². The molecule has 1 fully saturated rings. The fraction of sp³-hybridized carbons (Fsp3) is 0.250. The minimum absolute atomic E-state index is 0.475. The Morgan fingerprint density at radius 3 is 2.29 bits per heavy atom. The zero-order chi connectivity index (χ0) is 14.7. The van der Waals surface area contributed by atoms with Crippen molar-refractivity contribution in [2.24, 2.45) is 0 Å². The minimum Gasteiger partial charge on any atom is -0.368 e. The molecule has 1 aliphatic rings. The average Bonchev–Trinajstić information content (AvgIpc) is 2.56. The Morgan fingerprint density at radius 1 is 0.952 bits per heavy atom. The third kappa shape index (κ3) is 3.17. The molecule has 2 aromatic rings. The number of piperazine rings is 1. The van der Waals surface area contributed by atoms with Crippen molar-refractivity contribution < 1.29 is 0 Å². The van der Waals surface area contributed by atoms with Crippen molar-refractivity contribution in [1.82, 2.24) is 4.98 Å². The van der Waals surface area contributed by atoms with Crippen LogP contribution in [0.1, 0.15) is 5.69 Å². The lowest BCUT2D eigenvalue weighted by molar-refractivity contribution is 0.647. The second kappa shape index (κ2) is 6.15. The van der Waals surface area contributed by atoms with Gasteiger partial charge in [0.15, 0.2) is 0 Å². The van der Waals surface area contributed by atoms with Crippen LogP contribution in [-0.4, -0.2) is 31.2 Å². The highest BCUT2D eigenvalue weighted by atomic mass is 79.9. The van der Waals surface area contributed by atoms with Crippen LogP contribution in [0.4, 0.5) is 11.5 Å². The standard InChI is InChI=1S/C16H15BrN4/c17-13-4-6-15(7-5-13)20-8-10-21(11-9-20)16-3-1-2-14(12-18)19-16/h1-7H,8-11H2. The lowest BCUT2D eigenvalue weighted by Gasteiger charge is -2.36. The Kier molecular flexibility index (Phi) is 4.07. The first kappa shape index (κ1) is 13.9. The molecule has 2 heterocycles. The van der Waals surface area contributed by atoms with E-state index >= 15 is 0 Å². The minimum atomic E-state index is 0.475. The number of rotatable bonds is 2. The monoisotopic (exact) mass is 342 g/mol. The number of benzene rings is 1. The number of hydrogen-bond donors (Lipinski definition) is 0. The molecule has 0 radical (unpaired) electrons. The maximum absolute atomic E-state index is 8.93. The highest BCUT2D eigenvalue weighted by Gasteiger charge is 2.18. The van der Waals surface area contributed by atoms with Crippen molar-refractivity contribution in [1.29, 1.82) is 5.26 Å². The summed E-state index contributed by atoms with van der Waals surface area (Å²) >= 11 is 3.46. The normalized spacial score (nSPS) is 14.9. The van der Waals surface area contributed by atoms with Crippen LogP contribution < -0.4 is 9.80 Å². The number of halogens is 1. The van der Waals surface area contributed by atoms with Crippen LogP contribution in [-0.2, 0) is 0 Å². The highest BCUT2D eigenvalue weighted by Crippen LogP contribution is 2.21. The predicted molar refractivity (Wildman–Crippen MR) is 87.5 cm³/mol. The highest BCUT2D eigenvalue weighted by molar-refractivity contribution is 9.10. The molecule has 5 heteroatoms. The van der Waals surface area contributed by atoms with E-state index in [4.69, 9.17) is 5.26 Å². The first-order valence-electron chi connectivity index (χ1n) is 6.89. The maximum Gasteiger partial charge on any atom is 0.142 e. The summed E-state index contributed by atoms with van der Waals surface area (Å²) in [5, 5.41) is 8.93. The Labute approximate surface area is 132 Å². The molecule has 106 valence electrons. The van der Waals surface area contributed by atoms with Crippen molar-refractivity contribution in [3.8, 4) is 6.07 Å². The number of hydrogen-bond acceptors (Lipinski definition) is 4. The van der Waals surface area contributed by atoms with Crippen molar-refractivity contribution in [2.45, 2.75) is 0 Å². The van der Waals surface area contributed by atoms with Crippen LogP contribution in [0.15, 0.2) is 46.9 Å². The quantitative estimate of drug-likeness (QED) is 0.841. The van der Waals surface area contributed by atoms with E-state index in [1.54, 1.807) is 6.07 Å². The molecule has 0 bridgehead atoms. The van der Waals surface area contributed by atoms with Gasteiger partial charge in [0.25, 0.3) is 0 Å². The lowest BCUT2D eigenvalue weighted by Crippen LogP contribution is -2.46. The van der Waals surface area contributed by atoms with Crippen molar-refractivity contribution in [3.63, 3.8) is 0 Å². The van der Waals surface area contributed by atoms with Gasteiger partial charge in [0.05, 0.1) is 0 Å². The molecule has 0 amide bonds. The van der Waals surface area contributed by atoms with Gasteiger partial charge in [-0.1, -0.05) is 22.0 Å². The number of nitrogens with zero attached hydrogens (tertiary/aromatic N) is 4. The molecule has 1 aliphatic heterocycles. The summed E-state index contributed by atoms with van der Waals surface area (Å²) in [5.74, 6) is 0.893. The number of anilines is 2. The molecular formula is C16H15BrN4. The molecule has 21 heavy (non-hydrogen) atoms. The van der Waals surface area contributed by atoms with Crippen LogP contribution in [0.3, 0.4) is 0 Å². The van der Waals surface area contributed by atoms with E-state index in [1.165, 1.54) is 5.69 Å². The maximum atomic E-state index is 8.93. The van der Waals surface area contributed by atoms with Gasteiger partial charge >= 0.3 is 0 Å². The van der Waals surface area contributed by atoms with E-state index in [9.17, 15) is 0 Å². The SMILES string of the molecule is N#Cc1cccc(N2CCN(c3ccc(Br)cc3)CC2)n1. The van der Waals surface area contributed by atoms with Gasteiger partial charge in [0, 0.05) is 36.3 Å². The Bertz CT molecular complexity index is 655. The largest absolute Gasteiger partial charge is 0.368 e. The molecule has 4 nitrogen and oxygen atoms in total. The molecule has 1 aromatic carbocycles. The molecule has 0 unspecified atom stereocenters. The molecule has 0 aliphatic carbocycles. The first-order chi connectivity index (χ1) is 10.3. The molecule has 0 spiro atoms. The smallest absolute Gasteiger partial charge is 0.142 e. The number of aromatic nitrogens is 1. The van der Waals surface area contributed by atoms with Gasteiger partial charge < -0.3 is 9.80 Å². The summed E-state index contributed by atoms with van der Waals surface area (Å²) < 4.78 is 1.10. The second-order valence-electron chi connectivity index (χ2n) is 4.94. The first-order valence-corrected chi connectivity index (χ1v) is 7.68. The Hall–Kier alpha value is -2.06. The Morgan fingerprint density at radius 2 is 1.62 bits per heavy atom. The van der Waals surface area contributed by atoms with Gasteiger partial charge in [0.2, 0.25) is 0 Å². The van der Waals surface area contributed by atoms with Crippen LogP contribution in [0.25, 0.3) is 0 Å². The van der Waals surface area contributed by atoms with Crippen molar-refractivity contribution in [2.75, 3.05) is 36.0 Å². The van der Waals surface area contributed by atoms with E-state index in [1.807, 2.05) is 12.1 Å². The van der Waals surface area contributed by atoms with Crippen molar-refractivity contribution >= 4 is 27.4 Å². The molecular weight excluding hydrogens is 328 g/mol. The van der Waals surface area contributed by atoms with E-state index in [2.05, 4.69) is 61.0 Å². The van der Waals surface area contributed by atoms with E-state index in [-0.39, 0.29) is 0 Å². The van der Waals surface area contributed by atoms with Crippen LogP contribution in [0.2, 0.25) is 0 Å². The van der Waals surface area contributed by atoms with E-state index in [0.29, 0.717) is 5.69 Å². The molecule has 1 saturated heterocycles. The molecule has 0 saturated carbocycles. The molecule has 0 atom stereocenters. The third-order valence-electron chi connectivity index (χ3n) is 3.64. The predicted octanol–water partition coefficient (Wildman–Crippen LogP) is 3.04. The second-order valence-corrected chi connectivity index (χ2v) is 5.86. The van der Waals surface area contributed by atoms with Gasteiger partial charge in [-0.2, -0.15) is 5.26 Å². The number of pyridine rings is 1. The molecule has 3 rings (SSSR count). The van der Waals surface area contributed by atoms with Gasteiger partial charge in [-0.05, 0) is 36.4 Å². The van der Waals surface area contributed by atoms with Gasteiger partial charge in [0.1, 0.15) is 17.6 Å². The molecule has 0 N–H and O–H groups in total. The van der Waals surface area contributed by atoms with Gasteiger partial charge in [-0.3, -0.25) is 0 Å². The lowest BCUT2D eigenvalue weighted by atomic mass is 10.2. The summed E-state index contributed by atoms with van der Waals surface area (Å²) in [6.45, 7) is 3.75. The zero-order valence-corrected chi connectivity index (χ0v) is 13.1. The average molecular weight is 343 g/mol. The van der Waals surface area contributed by atoms with Crippen LogP contribution in [0, 0.1) is 11.3 Å². The summed E-state index contributed by atoms with van der Waals surface area (Å²) in [6, 6.07) is 16.1. The van der Waals surface area contributed by atoms with Crippen molar-refractivity contribution in [3.05, 3.63) is 52.6 Å². The van der Waals surface area contributed by atoms with E-state index in [0.717, 1.165) is 36.5 Å². The zero-order valence-electron chi connectivity index (χ0n) is 11.5. The van der Waals surface area contributed by atoms with Gasteiger partial charge in [-0.15, -0.1) is 0 Å². The Balaban J connectivity index is 1.67. The van der Waals surface area contributed by atoms with Crippen LogP contribution in [0.5, 0.6) is 0 Å². The summed E-state index contributed by atoms with van der Waals surface area (Å²) in [7, 11) is 0. The fourth-order valence-electron chi connectivity index (χ4n) is 2.51. The third-order valence-corrected chi connectivity index (χ3v) is 4.17. The summed E-state index contributed by atoms with van der Waals surface area (Å²) in [5.41, 5.74) is 1.72. The summed E-state index contributed by atoms with van der Waals surface area (Å²) in [6.07, 6.45) is 0. The fourth-order valence-corrected chi connectivity index (χ4v) is 2.77. The van der Waals surface area contributed by atoms with E-state index < -0.39 is 0 Å². The van der Waals surface area contributed by atoms with Gasteiger partial charge in [-0.25, -0.2) is 4.98 Å². The summed E-state index contributed by atoms with van der Waals surface area (Å²) in [4.78, 5) is 8.97. The molecule has 1 aromatic heterocycles.